The summed E-state index contributed by atoms with van der Waals surface area (Å²) in [6.45, 7) is -1.16. The molecular formula is C14H13BrF2N2O2. The highest BCUT2D eigenvalue weighted by Gasteiger charge is 2.19. The monoisotopic (exact) mass is 358 g/mol. The summed E-state index contributed by atoms with van der Waals surface area (Å²) in [7, 11) is 1.72. The van der Waals surface area contributed by atoms with Crippen LogP contribution in [0.4, 0.5) is 8.78 Å². The molecule has 112 valence electrons. The van der Waals surface area contributed by atoms with Crippen molar-refractivity contribution >= 4 is 21.7 Å². The van der Waals surface area contributed by atoms with E-state index < -0.39 is 6.61 Å². The SMILES string of the molecule is Cc1nn(C)c(CC(=O)c2ccccc2OC(F)F)c1Br. The van der Waals surface area contributed by atoms with Gasteiger partial charge in [0.15, 0.2) is 5.78 Å². The molecule has 0 radical (unpaired) electrons. The van der Waals surface area contributed by atoms with E-state index in [4.69, 9.17) is 0 Å². The molecule has 0 aliphatic carbocycles. The summed E-state index contributed by atoms with van der Waals surface area (Å²) in [4.78, 5) is 12.3. The Bertz CT molecular complexity index is 671. The third-order valence-electron chi connectivity index (χ3n) is 2.99. The van der Waals surface area contributed by atoms with Crippen molar-refractivity contribution in [3.63, 3.8) is 0 Å². The standard InChI is InChI=1S/C14H13BrF2N2O2/c1-8-13(15)10(19(2)18-8)7-11(20)9-5-3-4-6-12(9)21-14(16)17/h3-6,14H,7H2,1-2H3. The average Bonchev–Trinajstić information content (AvgIpc) is 2.65. The van der Waals surface area contributed by atoms with E-state index in [0.29, 0.717) is 5.69 Å². The molecule has 0 spiro atoms. The minimum atomic E-state index is -2.97. The number of aromatic nitrogens is 2. The Kier molecular flexibility index (Phi) is 4.72. The first-order valence-electron chi connectivity index (χ1n) is 6.15. The van der Waals surface area contributed by atoms with Crippen LogP contribution in [0.5, 0.6) is 5.75 Å². The number of carbonyl (C=O) groups is 1. The predicted octanol–water partition coefficient (Wildman–Crippen LogP) is 3.52. The molecule has 21 heavy (non-hydrogen) atoms. The van der Waals surface area contributed by atoms with Crippen LogP contribution in [0.2, 0.25) is 0 Å². The average molecular weight is 359 g/mol. The Morgan fingerprint density at radius 3 is 2.67 bits per heavy atom. The first-order chi connectivity index (χ1) is 9.90. The van der Waals surface area contributed by atoms with Crippen LogP contribution in [-0.4, -0.2) is 22.2 Å². The van der Waals surface area contributed by atoms with Crippen LogP contribution < -0.4 is 4.74 Å². The van der Waals surface area contributed by atoms with E-state index in [1.54, 1.807) is 23.9 Å². The lowest BCUT2D eigenvalue weighted by atomic mass is 10.1. The van der Waals surface area contributed by atoms with E-state index >= 15 is 0 Å². The lowest BCUT2D eigenvalue weighted by Gasteiger charge is -2.10. The van der Waals surface area contributed by atoms with E-state index in [1.807, 2.05) is 6.92 Å². The maximum Gasteiger partial charge on any atom is 0.387 e. The number of Topliss-reactive ketones (excluding diaryl/α,β-unsaturated/α-hetero) is 1. The molecule has 7 heteroatoms. The van der Waals surface area contributed by atoms with Crippen molar-refractivity contribution in [2.75, 3.05) is 0 Å². The molecule has 4 nitrogen and oxygen atoms in total. The number of carbonyl (C=O) groups excluding carboxylic acids is 1. The van der Waals surface area contributed by atoms with E-state index in [9.17, 15) is 13.6 Å². The van der Waals surface area contributed by atoms with Crippen LogP contribution in [0.25, 0.3) is 0 Å². The second kappa shape index (κ2) is 6.34. The van der Waals surface area contributed by atoms with Crippen LogP contribution >= 0.6 is 15.9 Å². The summed E-state index contributed by atoms with van der Waals surface area (Å²) in [5.41, 5.74) is 1.57. The molecule has 0 bridgehead atoms. The van der Waals surface area contributed by atoms with Gasteiger partial charge in [-0.25, -0.2) is 0 Å². The normalized spacial score (nSPS) is 11.0. The number of nitrogens with zero attached hydrogens (tertiary/aromatic N) is 2. The van der Waals surface area contributed by atoms with Gasteiger partial charge in [0.05, 0.1) is 27.8 Å². The van der Waals surface area contributed by atoms with Gasteiger partial charge in [-0.3, -0.25) is 9.48 Å². The number of para-hydroxylation sites is 1. The van der Waals surface area contributed by atoms with E-state index in [0.717, 1.165) is 10.2 Å². The minimum absolute atomic E-state index is 0.0432. The van der Waals surface area contributed by atoms with Crippen molar-refractivity contribution in [3.8, 4) is 5.75 Å². The van der Waals surface area contributed by atoms with Crippen molar-refractivity contribution in [1.29, 1.82) is 0 Å². The topological polar surface area (TPSA) is 44.1 Å². The Labute approximate surface area is 128 Å². The lowest BCUT2D eigenvalue weighted by molar-refractivity contribution is -0.0501. The fourth-order valence-electron chi connectivity index (χ4n) is 2.02. The van der Waals surface area contributed by atoms with Crippen molar-refractivity contribution in [3.05, 3.63) is 45.7 Å². The van der Waals surface area contributed by atoms with Gasteiger partial charge >= 0.3 is 6.61 Å². The molecule has 2 rings (SSSR count). The molecular weight excluding hydrogens is 346 g/mol. The Morgan fingerprint density at radius 1 is 1.43 bits per heavy atom. The van der Waals surface area contributed by atoms with Crippen molar-refractivity contribution in [1.82, 2.24) is 9.78 Å². The zero-order chi connectivity index (χ0) is 15.6. The Morgan fingerprint density at radius 2 is 2.10 bits per heavy atom. The summed E-state index contributed by atoms with van der Waals surface area (Å²) in [5.74, 6) is -0.428. The molecule has 1 heterocycles. The largest absolute Gasteiger partial charge is 0.434 e. The second-order valence-corrected chi connectivity index (χ2v) is 5.24. The third-order valence-corrected chi connectivity index (χ3v) is 4.02. The molecule has 0 unspecified atom stereocenters. The number of ketones is 1. The van der Waals surface area contributed by atoms with Gasteiger partial charge in [0, 0.05) is 7.05 Å². The number of hydrogen-bond acceptors (Lipinski definition) is 3. The molecule has 0 fully saturated rings. The quantitative estimate of drug-likeness (QED) is 0.768. The van der Waals surface area contributed by atoms with Gasteiger partial charge < -0.3 is 4.74 Å². The zero-order valence-corrected chi connectivity index (χ0v) is 13.0. The molecule has 0 saturated heterocycles. The van der Waals surface area contributed by atoms with E-state index in [2.05, 4.69) is 25.8 Å². The van der Waals surface area contributed by atoms with E-state index in [-0.39, 0.29) is 23.5 Å². The number of benzene rings is 1. The Hall–Kier alpha value is -1.76. The van der Waals surface area contributed by atoms with Gasteiger partial charge in [-0.15, -0.1) is 0 Å². The molecule has 0 saturated carbocycles. The molecule has 1 aromatic carbocycles. The molecule has 0 atom stereocenters. The van der Waals surface area contributed by atoms with Gasteiger partial charge in [-0.2, -0.15) is 13.9 Å². The van der Waals surface area contributed by atoms with Crippen LogP contribution in [0.3, 0.4) is 0 Å². The summed E-state index contributed by atoms with van der Waals surface area (Å²) in [5, 5.41) is 4.19. The van der Waals surface area contributed by atoms with Crippen LogP contribution in [0.15, 0.2) is 28.7 Å². The number of ether oxygens (including phenoxy) is 1. The van der Waals surface area contributed by atoms with Gasteiger partial charge in [0.1, 0.15) is 5.75 Å². The van der Waals surface area contributed by atoms with Gasteiger partial charge in [0.2, 0.25) is 0 Å². The summed E-state index contributed by atoms with van der Waals surface area (Å²) >= 11 is 3.37. The number of hydrogen-bond donors (Lipinski definition) is 0. The van der Waals surface area contributed by atoms with Gasteiger partial charge in [-0.05, 0) is 35.0 Å². The second-order valence-electron chi connectivity index (χ2n) is 4.44. The number of alkyl halides is 2. The molecule has 0 aliphatic heterocycles. The third kappa shape index (κ3) is 3.47. The van der Waals surface area contributed by atoms with Gasteiger partial charge in [0.25, 0.3) is 0 Å². The number of rotatable bonds is 5. The van der Waals surface area contributed by atoms with Crippen LogP contribution in [0, 0.1) is 6.92 Å². The van der Waals surface area contributed by atoms with Crippen LogP contribution in [0.1, 0.15) is 21.7 Å². The molecule has 2 aromatic rings. The summed E-state index contributed by atoms with van der Waals surface area (Å²) in [6.07, 6.45) is 0.0432. The van der Waals surface area contributed by atoms with E-state index in [1.165, 1.54) is 12.1 Å². The molecule has 0 amide bonds. The van der Waals surface area contributed by atoms with Crippen molar-refractivity contribution in [2.45, 2.75) is 20.0 Å². The highest BCUT2D eigenvalue weighted by molar-refractivity contribution is 9.10. The number of halogens is 3. The lowest BCUT2D eigenvalue weighted by Crippen LogP contribution is -2.12. The highest BCUT2D eigenvalue weighted by atomic mass is 79.9. The molecule has 0 N–H and O–H groups in total. The Balaban J connectivity index is 2.29. The summed E-state index contributed by atoms with van der Waals surface area (Å²) < 4.78 is 31.4. The molecule has 0 aliphatic rings. The first kappa shape index (κ1) is 15.6. The van der Waals surface area contributed by atoms with Crippen LogP contribution in [-0.2, 0) is 13.5 Å². The fourth-order valence-corrected chi connectivity index (χ4v) is 2.49. The fraction of sp³-hybridized carbons (Fsp3) is 0.286. The number of aryl methyl sites for hydroxylation is 2. The maximum atomic E-state index is 12.4. The van der Waals surface area contributed by atoms with Crippen molar-refractivity contribution in [2.24, 2.45) is 7.05 Å². The van der Waals surface area contributed by atoms with Gasteiger partial charge in [-0.1, -0.05) is 12.1 Å². The predicted molar refractivity (Wildman–Crippen MR) is 76.8 cm³/mol. The maximum absolute atomic E-state index is 12.4. The summed E-state index contributed by atoms with van der Waals surface area (Å²) in [6, 6.07) is 5.97. The minimum Gasteiger partial charge on any atom is -0.434 e. The van der Waals surface area contributed by atoms with Crippen molar-refractivity contribution < 1.29 is 18.3 Å². The molecule has 1 aromatic heterocycles. The zero-order valence-electron chi connectivity index (χ0n) is 11.4. The smallest absolute Gasteiger partial charge is 0.387 e. The first-order valence-corrected chi connectivity index (χ1v) is 6.94. The highest BCUT2D eigenvalue weighted by Crippen LogP contribution is 2.25.